The third-order valence-corrected chi connectivity index (χ3v) is 3.26. The molecule has 1 rings (SSSR count). The van der Waals surface area contributed by atoms with Gasteiger partial charge >= 0.3 is 0 Å². The molecule has 16 heavy (non-hydrogen) atoms. The van der Waals surface area contributed by atoms with Crippen LogP contribution < -0.4 is 5.73 Å². The van der Waals surface area contributed by atoms with Crippen LogP contribution in [0.15, 0.2) is 0 Å². The Balaban J connectivity index is 3.30. The van der Waals surface area contributed by atoms with Crippen molar-refractivity contribution < 1.29 is 0 Å². The highest BCUT2D eigenvalue weighted by Crippen LogP contribution is 2.25. The van der Waals surface area contributed by atoms with Crippen molar-refractivity contribution in [3.05, 3.63) is 17.0 Å². The summed E-state index contributed by atoms with van der Waals surface area (Å²) >= 11 is 0. The Morgan fingerprint density at radius 2 is 1.81 bits per heavy atom. The number of hydrogen-bond donors (Lipinski definition) is 1. The van der Waals surface area contributed by atoms with Crippen molar-refractivity contribution in [1.82, 2.24) is 9.78 Å². The second-order valence-corrected chi connectivity index (χ2v) is 4.50. The van der Waals surface area contributed by atoms with Crippen molar-refractivity contribution in [1.29, 1.82) is 0 Å². The summed E-state index contributed by atoms with van der Waals surface area (Å²) in [5, 5.41) is 4.73. The Labute approximate surface area is 99.0 Å². The molecule has 0 saturated heterocycles. The quantitative estimate of drug-likeness (QED) is 0.834. The van der Waals surface area contributed by atoms with Gasteiger partial charge in [-0.25, -0.2) is 0 Å². The maximum Gasteiger partial charge on any atom is 0.0672 e. The van der Waals surface area contributed by atoms with Crippen molar-refractivity contribution in [2.24, 2.45) is 5.73 Å². The van der Waals surface area contributed by atoms with Gasteiger partial charge in [0.2, 0.25) is 0 Å². The minimum absolute atomic E-state index is 0.0858. The van der Waals surface area contributed by atoms with Gasteiger partial charge in [0.15, 0.2) is 0 Å². The molecule has 2 N–H and O–H groups in total. The lowest BCUT2D eigenvalue weighted by molar-refractivity contribution is 0.457. The molecule has 0 aliphatic rings. The molecule has 0 aliphatic carbocycles. The molecular weight excluding hydrogens is 198 g/mol. The van der Waals surface area contributed by atoms with Crippen molar-refractivity contribution in [3.63, 3.8) is 0 Å². The number of rotatable bonds is 5. The minimum Gasteiger partial charge on any atom is -0.324 e. The van der Waals surface area contributed by atoms with Gasteiger partial charge < -0.3 is 5.73 Å². The zero-order valence-electron chi connectivity index (χ0n) is 11.2. The predicted octanol–water partition coefficient (Wildman–Crippen LogP) is 3.00. The average molecular weight is 223 g/mol. The van der Waals surface area contributed by atoms with Crippen LogP contribution in [-0.2, 0) is 12.8 Å². The van der Waals surface area contributed by atoms with Crippen LogP contribution in [-0.4, -0.2) is 9.78 Å². The molecule has 0 saturated carbocycles. The second kappa shape index (κ2) is 5.48. The molecule has 1 aromatic rings. The summed E-state index contributed by atoms with van der Waals surface area (Å²) in [6.07, 6.45) is 3.08. The topological polar surface area (TPSA) is 43.8 Å². The lowest BCUT2D eigenvalue weighted by Crippen LogP contribution is -2.12. The molecule has 0 aromatic carbocycles. The van der Waals surface area contributed by atoms with E-state index in [0.29, 0.717) is 6.04 Å². The molecule has 0 spiro atoms. The Morgan fingerprint density at radius 1 is 1.19 bits per heavy atom. The maximum atomic E-state index is 6.07. The van der Waals surface area contributed by atoms with Crippen LogP contribution >= 0.6 is 0 Å². The van der Waals surface area contributed by atoms with E-state index in [1.165, 1.54) is 17.0 Å². The SMILES string of the molecule is CCc1nn(C(C)CC)c(CC)c1C(C)N. The third kappa shape index (κ3) is 2.29. The van der Waals surface area contributed by atoms with E-state index in [1.807, 2.05) is 0 Å². The van der Waals surface area contributed by atoms with Gasteiger partial charge in [-0.05, 0) is 33.1 Å². The van der Waals surface area contributed by atoms with E-state index >= 15 is 0 Å². The predicted molar refractivity (Wildman–Crippen MR) is 68.6 cm³/mol. The molecule has 3 heteroatoms. The summed E-state index contributed by atoms with van der Waals surface area (Å²) in [7, 11) is 0. The number of nitrogens with zero attached hydrogens (tertiary/aromatic N) is 2. The second-order valence-electron chi connectivity index (χ2n) is 4.50. The van der Waals surface area contributed by atoms with Crippen LogP contribution in [0.5, 0.6) is 0 Å². The Kier molecular flexibility index (Phi) is 4.54. The van der Waals surface area contributed by atoms with Gasteiger partial charge in [-0.2, -0.15) is 5.10 Å². The lowest BCUT2D eigenvalue weighted by atomic mass is 10.0. The Bertz CT molecular complexity index is 339. The van der Waals surface area contributed by atoms with E-state index in [0.717, 1.165) is 19.3 Å². The highest BCUT2D eigenvalue weighted by Gasteiger charge is 2.20. The molecule has 0 radical (unpaired) electrons. The van der Waals surface area contributed by atoms with E-state index in [4.69, 9.17) is 10.8 Å². The molecule has 92 valence electrons. The van der Waals surface area contributed by atoms with Crippen LogP contribution in [0.4, 0.5) is 0 Å². The highest BCUT2D eigenvalue weighted by molar-refractivity contribution is 5.30. The number of nitrogens with two attached hydrogens (primary N) is 1. The summed E-state index contributed by atoms with van der Waals surface area (Å²) in [6.45, 7) is 10.8. The molecule has 2 unspecified atom stereocenters. The molecular formula is C13H25N3. The van der Waals surface area contributed by atoms with E-state index in [2.05, 4.69) is 39.3 Å². The van der Waals surface area contributed by atoms with Crippen molar-refractivity contribution in [3.8, 4) is 0 Å². The van der Waals surface area contributed by atoms with Gasteiger partial charge in [0.05, 0.1) is 5.69 Å². The van der Waals surface area contributed by atoms with Crippen LogP contribution in [0.25, 0.3) is 0 Å². The molecule has 3 nitrogen and oxygen atoms in total. The summed E-state index contributed by atoms with van der Waals surface area (Å²) in [6, 6.07) is 0.551. The zero-order valence-corrected chi connectivity index (χ0v) is 11.2. The van der Waals surface area contributed by atoms with Crippen molar-refractivity contribution in [2.75, 3.05) is 0 Å². The van der Waals surface area contributed by atoms with E-state index in [-0.39, 0.29) is 6.04 Å². The molecule has 0 amide bonds. The molecule has 0 bridgehead atoms. The standard InChI is InChI=1S/C13H25N3/c1-6-9(4)16-12(8-3)13(10(5)14)11(7-2)15-16/h9-10H,6-8,14H2,1-5H3. The largest absolute Gasteiger partial charge is 0.324 e. The summed E-state index contributed by atoms with van der Waals surface area (Å²) < 4.78 is 2.18. The first-order chi connectivity index (χ1) is 7.56. The van der Waals surface area contributed by atoms with Gasteiger partial charge in [-0.15, -0.1) is 0 Å². The minimum atomic E-state index is 0.0858. The fourth-order valence-electron chi connectivity index (χ4n) is 2.21. The van der Waals surface area contributed by atoms with Gasteiger partial charge in [0.25, 0.3) is 0 Å². The fourth-order valence-corrected chi connectivity index (χ4v) is 2.21. The molecule has 0 fully saturated rings. The van der Waals surface area contributed by atoms with E-state index < -0.39 is 0 Å². The average Bonchev–Trinajstić information content (AvgIpc) is 2.66. The van der Waals surface area contributed by atoms with E-state index in [1.54, 1.807) is 0 Å². The molecule has 1 aromatic heterocycles. The smallest absolute Gasteiger partial charge is 0.0672 e. The molecule has 2 atom stereocenters. The Morgan fingerprint density at radius 3 is 2.19 bits per heavy atom. The monoisotopic (exact) mass is 223 g/mol. The summed E-state index contributed by atoms with van der Waals surface area (Å²) in [5.74, 6) is 0. The highest BCUT2D eigenvalue weighted by atomic mass is 15.3. The van der Waals surface area contributed by atoms with Crippen molar-refractivity contribution in [2.45, 2.75) is 66.0 Å². The maximum absolute atomic E-state index is 6.07. The molecule has 0 aliphatic heterocycles. The first kappa shape index (κ1) is 13.2. The van der Waals surface area contributed by atoms with Gasteiger partial charge in [0, 0.05) is 23.3 Å². The third-order valence-electron chi connectivity index (χ3n) is 3.26. The van der Waals surface area contributed by atoms with Gasteiger partial charge in [-0.1, -0.05) is 20.8 Å². The normalized spacial score (nSPS) is 15.1. The van der Waals surface area contributed by atoms with Crippen LogP contribution in [0.2, 0.25) is 0 Å². The first-order valence-electron chi connectivity index (χ1n) is 6.42. The van der Waals surface area contributed by atoms with E-state index in [9.17, 15) is 0 Å². The number of aromatic nitrogens is 2. The van der Waals surface area contributed by atoms with Crippen LogP contribution in [0.3, 0.4) is 0 Å². The first-order valence-corrected chi connectivity index (χ1v) is 6.42. The Hall–Kier alpha value is -0.830. The van der Waals surface area contributed by atoms with Gasteiger partial charge in [0.1, 0.15) is 0 Å². The summed E-state index contributed by atoms with van der Waals surface area (Å²) in [5.41, 5.74) is 9.83. The van der Waals surface area contributed by atoms with Crippen molar-refractivity contribution >= 4 is 0 Å². The summed E-state index contributed by atoms with van der Waals surface area (Å²) in [4.78, 5) is 0. The van der Waals surface area contributed by atoms with Crippen LogP contribution in [0, 0.1) is 0 Å². The fraction of sp³-hybridized carbons (Fsp3) is 0.769. The molecule has 1 heterocycles. The lowest BCUT2D eigenvalue weighted by Gasteiger charge is -2.14. The van der Waals surface area contributed by atoms with Crippen LogP contribution in [0.1, 0.15) is 70.1 Å². The number of hydrogen-bond acceptors (Lipinski definition) is 2. The zero-order chi connectivity index (χ0) is 12.3. The van der Waals surface area contributed by atoms with Gasteiger partial charge in [-0.3, -0.25) is 4.68 Å². The number of aryl methyl sites for hydroxylation is 1.